The van der Waals surface area contributed by atoms with E-state index < -0.39 is 0 Å². The van der Waals surface area contributed by atoms with Gasteiger partial charge in [0.2, 0.25) is 0 Å². The summed E-state index contributed by atoms with van der Waals surface area (Å²) in [5.74, 6) is 0.700. The molecule has 176 valence electrons. The molecule has 0 amide bonds. The predicted octanol–water partition coefficient (Wildman–Crippen LogP) is 8.53. The molecular weight excluding hydrogens is 531 g/mol. The van der Waals surface area contributed by atoms with Crippen LogP contribution in [0.3, 0.4) is 0 Å². The van der Waals surface area contributed by atoms with Gasteiger partial charge >= 0.3 is 80.9 Å². The van der Waals surface area contributed by atoms with E-state index >= 15 is 0 Å². The average Bonchev–Trinajstić information content (AvgIpc) is 3.29. The van der Waals surface area contributed by atoms with Crippen LogP contribution in [0.15, 0.2) is 115 Å². The van der Waals surface area contributed by atoms with Gasteiger partial charge < -0.3 is 10.2 Å². The molecule has 1 heterocycles. The number of hydrogen-bond donors (Lipinski definition) is 2. The molecule has 0 fully saturated rings. The van der Waals surface area contributed by atoms with Crippen molar-refractivity contribution in [3.05, 3.63) is 119 Å². The summed E-state index contributed by atoms with van der Waals surface area (Å²) in [6.45, 7) is 0. The van der Waals surface area contributed by atoms with Gasteiger partial charge in [-0.2, -0.15) is 0 Å². The van der Waals surface area contributed by atoms with Crippen LogP contribution in [0.2, 0.25) is 0 Å². The summed E-state index contributed by atoms with van der Waals surface area (Å²) in [4.78, 5) is 1.38. The van der Waals surface area contributed by atoms with Gasteiger partial charge in [0, 0.05) is 10.8 Å². The van der Waals surface area contributed by atoms with Gasteiger partial charge in [-0.25, -0.2) is 0 Å². The van der Waals surface area contributed by atoms with Crippen LogP contribution < -0.4 is 0 Å². The zero-order chi connectivity index (χ0) is 23.0. The van der Waals surface area contributed by atoms with Crippen LogP contribution in [0.5, 0.6) is 11.5 Å². The topological polar surface area (TPSA) is 40.5 Å². The Morgan fingerprint density at radius 1 is 0.514 bits per heavy atom. The van der Waals surface area contributed by atoms with Crippen LogP contribution >= 0.6 is 36.2 Å². The van der Waals surface area contributed by atoms with Crippen LogP contribution in [0.4, 0.5) is 0 Å². The van der Waals surface area contributed by atoms with Crippen LogP contribution in [-0.4, -0.2) is 14.5 Å². The number of aromatic hydroxyl groups is 2. The van der Waals surface area contributed by atoms with Crippen molar-refractivity contribution in [1.82, 2.24) is 0 Å². The van der Waals surface area contributed by atoms with Gasteiger partial charge in [0.1, 0.15) is 11.5 Å². The molecule has 0 radical (unpaired) electrons. The third-order valence-electron chi connectivity index (χ3n) is 5.20. The van der Waals surface area contributed by atoms with E-state index in [9.17, 15) is 10.2 Å². The van der Waals surface area contributed by atoms with Crippen molar-refractivity contribution in [2.24, 2.45) is 0 Å². The van der Waals surface area contributed by atoms with Crippen molar-refractivity contribution in [3.63, 3.8) is 0 Å². The number of halogens is 2. The second-order valence-electron chi connectivity index (χ2n) is 7.33. The van der Waals surface area contributed by atoms with E-state index in [0.717, 1.165) is 21.5 Å². The first kappa shape index (κ1) is 28.6. The minimum atomic E-state index is 0. The molecule has 6 aromatic rings. The Bertz CT molecular complexity index is 1440. The van der Waals surface area contributed by atoms with Gasteiger partial charge in [-0.15, -0.1) is 24.8 Å². The zero-order valence-corrected chi connectivity index (χ0v) is 22.7. The van der Waals surface area contributed by atoms with E-state index in [2.05, 4.69) is 53.9 Å². The molecule has 0 spiro atoms. The number of benzene rings is 5. The molecule has 5 aromatic carbocycles. The summed E-state index contributed by atoms with van der Waals surface area (Å²) < 4.78 is 2.16. The van der Waals surface area contributed by atoms with E-state index in [1.165, 1.54) is 15.6 Å². The van der Waals surface area contributed by atoms with Crippen LogP contribution in [0.1, 0.15) is 4.88 Å². The molecule has 0 saturated heterocycles. The second-order valence-corrected chi connectivity index (χ2v) is 8.69. The molecule has 1 aromatic heterocycles. The first-order valence-corrected chi connectivity index (χ1v) is 12.3. The first-order valence-electron chi connectivity index (χ1n) is 10.5. The number of hydrogen-bond acceptors (Lipinski definition) is 3. The van der Waals surface area contributed by atoms with E-state index in [4.69, 9.17) is 0 Å². The Balaban J connectivity index is 0.000000180. The maximum atomic E-state index is 9.37. The standard InChI is InChI=1S/2C10H8O.C9H6S.2ClH.Ti/c2*11-10-7-3-5-8-4-1-2-6-9(8)10;1-7-9-5-3-2-4-8(9)6-10-7;;;/h2*1-7,11H;1-6H;2*1H;. The molecule has 6 heteroatoms. The molecule has 2 N–H and O–H groups in total. The third kappa shape index (κ3) is 7.17. The van der Waals surface area contributed by atoms with Crippen LogP contribution in [-0.2, 0) is 20.0 Å². The van der Waals surface area contributed by atoms with Gasteiger partial charge in [0.25, 0.3) is 0 Å². The molecule has 0 aliphatic carbocycles. The Labute approximate surface area is 232 Å². The summed E-state index contributed by atoms with van der Waals surface area (Å²) in [6, 6.07) is 35.1. The average molecular weight is 555 g/mol. The van der Waals surface area contributed by atoms with Gasteiger partial charge in [0.15, 0.2) is 0 Å². The van der Waals surface area contributed by atoms with E-state index in [-0.39, 0.29) is 24.8 Å². The molecule has 0 bridgehead atoms. The normalized spacial score (nSPS) is 9.57. The number of fused-ring (bicyclic) bond motifs is 3. The number of thiophene rings is 1. The summed E-state index contributed by atoms with van der Waals surface area (Å²) >= 11 is 3.89. The Morgan fingerprint density at radius 2 is 0.914 bits per heavy atom. The van der Waals surface area contributed by atoms with Gasteiger partial charge in [-0.3, -0.25) is 0 Å². The van der Waals surface area contributed by atoms with Gasteiger partial charge in [-0.1, -0.05) is 72.8 Å². The fourth-order valence-corrected chi connectivity index (χ4v) is 4.94. The molecule has 0 unspecified atom stereocenters. The van der Waals surface area contributed by atoms with Crippen molar-refractivity contribution in [2.75, 3.05) is 0 Å². The van der Waals surface area contributed by atoms with E-state index in [1.807, 2.05) is 84.1 Å². The van der Waals surface area contributed by atoms with Crippen molar-refractivity contribution in [2.45, 2.75) is 0 Å². The molecule has 0 saturated carbocycles. The SMILES string of the molecule is Cl.Cl.Oc1cccc2ccccc12.Oc1cccc2ccccc12.[Ti]=[CH]c1scc2ccccc12. The van der Waals surface area contributed by atoms with Crippen LogP contribution in [0, 0.1) is 0 Å². The van der Waals surface area contributed by atoms with Crippen molar-refractivity contribution in [3.8, 4) is 11.5 Å². The van der Waals surface area contributed by atoms with E-state index in [1.54, 1.807) is 12.1 Å². The van der Waals surface area contributed by atoms with Crippen molar-refractivity contribution < 1.29 is 30.2 Å². The fraction of sp³-hybridized carbons (Fsp3) is 0. The minimum absolute atomic E-state index is 0. The maximum absolute atomic E-state index is 9.37. The molecule has 2 nitrogen and oxygen atoms in total. The monoisotopic (exact) mass is 554 g/mol. The molecule has 0 aliphatic heterocycles. The Kier molecular flexibility index (Phi) is 11.5. The quantitative estimate of drug-likeness (QED) is 0.200. The molecule has 6 rings (SSSR count). The summed E-state index contributed by atoms with van der Waals surface area (Å²) in [7, 11) is 0. The second kappa shape index (κ2) is 14.0. The van der Waals surface area contributed by atoms with Crippen LogP contribution in [0.25, 0.3) is 32.3 Å². The van der Waals surface area contributed by atoms with Crippen molar-refractivity contribution in [1.29, 1.82) is 0 Å². The van der Waals surface area contributed by atoms with E-state index in [0.29, 0.717) is 11.5 Å². The Morgan fingerprint density at radius 3 is 1.37 bits per heavy atom. The summed E-state index contributed by atoms with van der Waals surface area (Å²) in [5, 5.41) is 27.6. The molecule has 35 heavy (non-hydrogen) atoms. The molecule has 0 aliphatic rings. The van der Waals surface area contributed by atoms with Gasteiger partial charge in [-0.05, 0) is 22.9 Å². The zero-order valence-electron chi connectivity index (χ0n) is 18.7. The Hall–Kier alpha value is -2.66. The third-order valence-corrected chi connectivity index (χ3v) is 6.94. The predicted molar refractivity (Wildman–Crippen MR) is 153 cm³/mol. The number of phenolic OH excluding ortho intramolecular Hbond substituents is 2. The van der Waals surface area contributed by atoms with Crippen molar-refractivity contribution >= 4 is 72.8 Å². The number of phenols is 2. The summed E-state index contributed by atoms with van der Waals surface area (Å²) in [5.41, 5.74) is 0. The molecule has 0 atom stereocenters. The first-order chi connectivity index (χ1) is 16.2. The number of rotatable bonds is 1. The summed E-state index contributed by atoms with van der Waals surface area (Å²) in [6.07, 6.45) is 0. The fourth-order valence-electron chi connectivity index (χ4n) is 3.54. The van der Waals surface area contributed by atoms with Gasteiger partial charge in [0.05, 0.1) is 0 Å². The molecular formula is C29H24Cl2O2STi.